The molecule has 0 aliphatic heterocycles. The number of rotatable bonds is 10. The first-order valence-corrected chi connectivity index (χ1v) is 20.5. The van der Waals surface area contributed by atoms with Gasteiger partial charge in [0.25, 0.3) is 0 Å². The van der Waals surface area contributed by atoms with Crippen LogP contribution in [0.1, 0.15) is 40.5 Å². The lowest BCUT2D eigenvalue weighted by atomic mass is 10.3. The molecular formula is C16H42O3Si4. The lowest BCUT2D eigenvalue weighted by molar-refractivity contribution is 0.123. The highest BCUT2D eigenvalue weighted by atomic mass is 28.4. The van der Waals surface area contributed by atoms with Gasteiger partial charge in [-0.1, -0.05) is 13.8 Å². The maximum absolute atomic E-state index is 6.87. The van der Waals surface area contributed by atoms with Crippen molar-refractivity contribution in [2.24, 2.45) is 0 Å². The van der Waals surface area contributed by atoms with E-state index in [9.17, 15) is 0 Å². The van der Waals surface area contributed by atoms with Gasteiger partial charge in [0.05, 0.1) is 10.4 Å². The maximum Gasteiger partial charge on any atom is 0.204 e. The summed E-state index contributed by atoms with van der Waals surface area (Å²) in [5.74, 6) is 0. The third-order valence-electron chi connectivity index (χ3n) is 5.02. The smallest absolute Gasteiger partial charge is 0.204 e. The van der Waals surface area contributed by atoms with Crippen LogP contribution in [0.2, 0.25) is 52.4 Å². The van der Waals surface area contributed by atoms with E-state index in [4.69, 9.17) is 13.0 Å². The summed E-state index contributed by atoms with van der Waals surface area (Å²) in [5.41, 5.74) is 0. The summed E-state index contributed by atoms with van der Waals surface area (Å²) in [6.07, 6.45) is 2.05. The molecule has 0 radical (unpaired) electrons. The molecule has 0 N–H and O–H groups in total. The second-order valence-electron chi connectivity index (χ2n) is 8.90. The molecule has 0 bridgehead atoms. The van der Waals surface area contributed by atoms with Crippen molar-refractivity contribution in [3.63, 3.8) is 0 Å². The highest BCUT2D eigenvalue weighted by Gasteiger charge is 2.49. The summed E-state index contributed by atoms with van der Waals surface area (Å²) in [7, 11) is -6.17. The van der Waals surface area contributed by atoms with Crippen LogP contribution in [0, 0.1) is 0 Å². The minimum atomic E-state index is -2.00. The van der Waals surface area contributed by atoms with Crippen LogP contribution in [0.5, 0.6) is 0 Å². The fourth-order valence-corrected chi connectivity index (χ4v) is 16.2. The highest BCUT2D eigenvalue weighted by Crippen LogP contribution is 2.34. The Hall–Kier alpha value is 0.748. The fraction of sp³-hybridized carbons (Fsp3) is 1.00. The van der Waals surface area contributed by atoms with Gasteiger partial charge in [-0.2, -0.15) is 0 Å². The van der Waals surface area contributed by atoms with Crippen molar-refractivity contribution < 1.29 is 13.0 Å². The Morgan fingerprint density at radius 3 is 1.65 bits per heavy atom. The van der Waals surface area contributed by atoms with Crippen molar-refractivity contribution in [1.82, 2.24) is 0 Å². The molecule has 140 valence electrons. The molecule has 0 aromatic heterocycles. The van der Waals surface area contributed by atoms with E-state index >= 15 is 0 Å². The van der Waals surface area contributed by atoms with Gasteiger partial charge < -0.3 is 13.0 Å². The van der Waals surface area contributed by atoms with E-state index in [1.807, 2.05) is 0 Å². The molecule has 0 fully saturated rings. The van der Waals surface area contributed by atoms with Crippen molar-refractivity contribution >= 4 is 34.7 Å². The van der Waals surface area contributed by atoms with E-state index in [0.29, 0.717) is 0 Å². The normalized spacial score (nSPS) is 20.2. The molecule has 0 saturated carbocycles. The summed E-state index contributed by atoms with van der Waals surface area (Å²) in [6, 6.07) is 0. The molecule has 23 heavy (non-hydrogen) atoms. The van der Waals surface area contributed by atoms with Gasteiger partial charge in [0, 0.05) is 0 Å². The van der Waals surface area contributed by atoms with Gasteiger partial charge in [0.1, 0.15) is 0 Å². The monoisotopic (exact) mass is 394 g/mol. The molecule has 0 heterocycles. The molecule has 0 aliphatic rings. The summed E-state index contributed by atoms with van der Waals surface area (Å²) in [5, 5.41) is -0.179. The molecule has 0 amide bonds. The highest BCUT2D eigenvalue weighted by molar-refractivity contribution is 6.82. The largest absolute Gasteiger partial charge is 0.454 e. The molecule has 0 rings (SSSR count). The minimum absolute atomic E-state index is 0.0571. The summed E-state index contributed by atoms with van der Waals surface area (Å²) >= 11 is 0. The van der Waals surface area contributed by atoms with Crippen molar-refractivity contribution in [3.8, 4) is 0 Å². The van der Waals surface area contributed by atoms with Crippen LogP contribution >= 0.6 is 0 Å². The van der Waals surface area contributed by atoms with Crippen molar-refractivity contribution in [2.45, 2.75) is 103 Å². The Balaban J connectivity index is 5.34. The number of hydrogen-bond acceptors (Lipinski definition) is 3. The van der Waals surface area contributed by atoms with Crippen LogP contribution in [0.4, 0.5) is 0 Å². The van der Waals surface area contributed by atoms with E-state index in [1.54, 1.807) is 0 Å². The third kappa shape index (κ3) is 6.87. The minimum Gasteiger partial charge on any atom is -0.454 e. The topological polar surface area (TPSA) is 27.7 Å². The quantitative estimate of drug-likeness (QED) is 0.497. The predicted molar refractivity (Wildman–Crippen MR) is 113 cm³/mol. The average molecular weight is 395 g/mol. The lowest BCUT2D eigenvalue weighted by Gasteiger charge is -2.49. The molecular weight excluding hydrogens is 353 g/mol. The molecule has 0 aromatic rings. The first kappa shape index (κ1) is 23.7. The SMILES string of the molecule is CCC(C)(O[SiH](C)C)[SiH](C)O[Si](C)(C)C(C)(CC)O[Si](C)(C)C. The third-order valence-corrected chi connectivity index (χ3v) is 16.6. The zero-order valence-electron chi connectivity index (χ0n) is 17.8. The molecule has 0 saturated heterocycles. The first-order valence-electron chi connectivity index (χ1n) is 9.18. The van der Waals surface area contributed by atoms with E-state index in [0.717, 1.165) is 12.8 Å². The van der Waals surface area contributed by atoms with Crippen LogP contribution in [0.15, 0.2) is 0 Å². The van der Waals surface area contributed by atoms with Gasteiger partial charge in [0.15, 0.2) is 26.4 Å². The summed E-state index contributed by atoms with van der Waals surface area (Å²) < 4.78 is 19.9. The van der Waals surface area contributed by atoms with Gasteiger partial charge in [-0.3, -0.25) is 0 Å². The van der Waals surface area contributed by atoms with Crippen LogP contribution < -0.4 is 0 Å². The van der Waals surface area contributed by atoms with Crippen molar-refractivity contribution in [2.75, 3.05) is 0 Å². The number of hydrogen-bond donors (Lipinski definition) is 0. The first-order chi connectivity index (χ1) is 10.1. The summed E-state index contributed by atoms with van der Waals surface area (Å²) in [4.78, 5) is 0. The van der Waals surface area contributed by atoms with Gasteiger partial charge in [-0.25, -0.2) is 0 Å². The molecule has 3 atom stereocenters. The molecule has 0 spiro atoms. The standard InChI is InChI=1S/C16H42O3Si4/c1-13-15(3,17-20(5)6)21(7)19-23(11,12)16(4,14-2)18-22(8,9)10/h20-21H,13-14H2,1-12H3. The van der Waals surface area contributed by atoms with Crippen molar-refractivity contribution in [1.29, 1.82) is 0 Å². The second-order valence-corrected chi connectivity index (χ2v) is 23.2. The molecule has 0 aliphatic carbocycles. The Labute approximate surface area is 151 Å². The Bertz CT molecular complexity index is 371. The van der Waals surface area contributed by atoms with Gasteiger partial charge in [-0.05, 0) is 79.1 Å². The van der Waals surface area contributed by atoms with Crippen LogP contribution in [0.25, 0.3) is 0 Å². The molecule has 0 aromatic carbocycles. The van der Waals surface area contributed by atoms with Crippen LogP contribution in [0.3, 0.4) is 0 Å². The van der Waals surface area contributed by atoms with Gasteiger partial charge in [0.2, 0.25) is 8.32 Å². The lowest BCUT2D eigenvalue weighted by Crippen LogP contribution is -2.63. The molecule has 3 unspecified atom stereocenters. The Morgan fingerprint density at radius 2 is 1.35 bits per heavy atom. The van der Waals surface area contributed by atoms with E-state index in [1.165, 1.54) is 0 Å². The van der Waals surface area contributed by atoms with E-state index in [-0.39, 0.29) is 10.4 Å². The van der Waals surface area contributed by atoms with E-state index < -0.39 is 34.7 Å². The van der Waals surface area contributed by atoms with Crippen molar-refractivity contribution in [3.05, 3.63) is 0 Å². The van der Waals surface area contributed by atoms with Crippen LogP contribution in [-0.2, 0) is 13.0 Å². The second kappa shape index (κ2) is 8.42. The Morgan fingerprint density at radius 1 is 0.870 bits per heavy atom. The van der Waals surface area contributed by atoms with Gasteiger partial charge in [-0.15, -0.1) is 0 Å². The zero-order valence-corrected chi connectivity index (χ0v) is 22.1. The summed E-state index contributed by atoms with van der Waals surface area (Å²) in [6.45, 7) is 27.3. The zero-order chi connectivity index (χ0) is 18.7. The Kier molecular flexibility index (Phi) is 8.69. The molecule has 3 nitrogen and oxygen atoms in total. The van der Waals surface area contributed by atoms with Crippen LogP contribution in [-0.4, -0.2) is 45.2 Å². The van der Waals surface area contributed by atoms with Gasteiger partial charge >= 0.3 is 0 Å². The average Bonchev–Trinajstić information content (AvgIpc) is 2.34. The molecule has 7 heteroatoms. The van der Waals surface area contributed by atoms with E-state index in [2.05, 4.69) is 80.1 Å². The predicted octanol–water partition coefficient (Wildman–Crippen LogP) is 4.83. The maximum atomic E-state index is 6.87. The fourth-order valence-electron chi connectivity index (χ4n) is 2.99.